The quantitative estimate of drug-likeness (QED) is 0.686. The summed E-state index contributed by atoms with van der Waals surface area (Å²) < 4.78 is 0. The van der Waals surface area contributed by atoms with Crippen molar-refractivity contribution in [1.82, 2.24) is 0 Å². The van der Waals surface area contributed by atoms with Gasteiger partial charge in [0, 0.05) is 16.0 Å². The normalized spacial score (nSPS) is 10.4. The minimum Gasteiger partial charge on any atom is -0.392 e. The zero-order chi connectivity index (χ0) is 13.8. The summed E-state index contributed by atoms with van der Waals surface area (Å²) >= 11 is 7.08. The third-order valence-electron chi connectivity index (χ3n) is 2.44. The van der Waals surface area contributed by atoms with Gasteiger partial charge in [0.25, 0.3) is 5.69 Å². The molecule has 0 aliphatic carbocycles. The summed E-state index contributed by atoms with van der Waals surface area (Å²) in [4.78, 5) is 12.0. The molecular formula is C13H10ClNO3S. The molecule has 0 radical (unpaired) electrons. The van der Waals surface area contributed by atoms with Crippen LogP contribution in [0.25, 0.3) is 0 Å². The van der Waals surface area contributed by atoms with Gasteiger partial charge in [-0.3, -0.25) is 10.1 Å². The molecule has 4 nitrogen and oxygen atoms in total. The number of nitro groups is 1. The standard InChI is InChI=1S/C13H10ClNO3S/c14-10-2-4-11(5-3-10)19-13-6-1-9(8-16)7-12(13)15(17)18/h1-7,16H,8H2. The van der Waals surface area contributed by atoms with E-state index in [1.165, 1.54) is 17.8 Å². The van der Waals surface area contributed by atoms with Gasteiger partial charge >= 0.3 is 0 Å². The smallest absolute Gasteiger partial charge is 0.283 e. The number of hydrogen-bond donors (Lipinski definition) is 1. The molecule has 0 atom stereocenters. The van der Waals surface area contributed by atoms with E-state index in [0.717, 1.165) is 4.90 Å². The topological polar surface area (TPSA) is 63.4 Å². The minimum absolute atomic E-state index is 0.00787. The maximum Gasteiger partial charge on any atom is 0.283 e. The van der Waals surface area contributed by atoms with Crippen molar-refractivity contribution in [3.8, 4) is 0 Å². The van der Waals surface area contributed by atoms with Gasteiger partial charge in [-0.15, -0.1) is 0 Å². The Morgan fingerprint density at radius 3 is 2.47 bits per heavy atom. The van der Waals surface area contributed by atoms with E-state index in [-0.39, 0.29) is 12.3 Å². The van der Waals surface area contributed by atoms with Crippen molar-refractivity contribution in [2.75, 3.05) is 0 Å². The van der Waals surface area contributed by atoms with E-state index >= 15 is 0 Å². The number of aliphatic hydroxyl groups is 1. The first-order valence-corrected chi connectivity index (χ1v) is 6.61. The van der Waals surface area contributed by atoms with Gasteiger partial charge < -0.3 is 5.11 Å². The average molecular weight is 296 g/mol. The molecule has 0 aliphatic rings. The Kier molecular flexibility index (Phi) is 4.42. The highest BCUT2D eigenvalue weighted by Gasteiger charge is 2.15. The molecule has 19 heavy (non-hydrogen) atoms. The van der Waals surface area contributed by atoms with Gasteiger partial charge in [0.2, 0.25) is 0 Å². The van der Waals surface area contributed by atoms with Crippen molar-refractivity contribution < 1.29 is 10.0 Å². The van der Waals surface area contributed by atoms with Crippen molar-refractivity contribution in [2.45, 2.75) is 16.4 Å². The lowest BCUT2D eigenvalue weighted by Crippen LogP contribution is -1.93. The van der Waals surface area contributed by atoms with Crippen molar-refractivity contribution in [3.05, 3.63) is 63.2 Å². The molecule has 2 aromatic carbocycles. The van der Waals surface area contributed by atoms with E-state index < -0.39 is 4.92 Å². The summed E-state index contributed by atoms with van der Waals surface area (Å²) in [7, 11) is 0. The monoisotopic (exact) mass is 295 g/mol. The fourth-order valence-electron chi connectivity index (χ4n) is 1.52. The van der Waals surface area contributed by atoms with Crippen LogP contribution in [0, 0.1) is 10.1 Å². The van der Waals surface area contributed by atoms with Crippen LogP contribution in [0.15, 0.2) is 52.3 Å². The largest absolute Gasteiger partial charge is 0.392 e. The van der Waals surface area contributed by atoms with E-state index in [9.17, 15) is 10.1 Å². The van der Waals surface area contributed by atoms with Gasteiger partial charge in [-0.25, -0.2) is 0 Å². The maximum atomic E-state index is 11.0. The van der Waals surface area contributed by atoms with Crippen LogP contribution in [-0.2, 0) is 6.61 Å². The number of nitrogens with zero attached hydrogens (tertiary/aromatic N) is 1. The van der Waals surface area contributed by atoms with Crippen LogP contribution in [0.4, 0.5) is 5.69 Å². The van der Waals surface area contributed by atoms with Gasteiger partial charge in [0.1, 0.15) is 0 Å². The lowest BCUT2D eigenvalue weighted by Gasteiger charge is -2.04. The van der Waals surface area contributed by atoms with Crippen LogP contribution in [0.3, 0.4) is 0 Å². The van der Waals surface area contributed by atoms with E-state index in [1.807, 2.05) is 0 Å². The average Bonchev–Trinajstić information content (AvgIpc) is 2.41. The number of nitro benzene ring substituents is 1. The van der Waals surface area contributed by atoms with Crippen LogP contribution in [0.2, 0.25) is 5.02 Å². The predicted octanol–water partition coefficient (Wildman–Crippen LogP) is 3.89. The Balaban J connectivity index is 2.33. The highest BCUT2D eigenvalue weighted by atomic mass is 35.5. The Morgan fingerprint density at radius 1 is 1.21 bits per heavy atom. The fourth-order valence-corrected chi connectivity index (χ4v) is 2.55. The molecule has 0 unspecified atom stereocenters. The SMILES string of the molecule is O=[N+]([O-])c1cc(CO)ccc1Sc1ccc(Cl)cc1. The summed E-state index contributed by atoms with van der Waals surface area (Å²) in [5, 5.41) is 20.7. The summed E-state index contributed by atoms with van der Waals surface area (Å²) in [5.74, 6) is 0. The lowest BCUT2D eigenvalue weighted by atomic mass is 10.2. The van der Waals surface area contributed by atoms with Crippen molar-refractivity contribution >= 4 is 29.1 Å². The predicted molar refractivity (Wildman–Crippen MR) is 74.6 cm³/mol. The lowest BCUT2D eigenvalue weighted by molar-refractivity contribution is -0.387. The molecule has 2 rings (SSSR count). The van der Waals surface area contributed by atoms with Gasteiger partial charge in [0.05, 0.1) is 16.4 Å². The second-order valence-corrected chi connectivity index (χ2v) is 5.33. The van der Waals surface area contributed by atoms with Crippen LogP contribution < -0.4 is 0 Å². The summed E-state index contributed by atoms with van der Waals surface area (Å²) in [6, 6.07) is 11.8. The zero-order valence-electron chi connectivity index (χ0n) is 9.75. The Bertz CT molecular complexity index is 601. The molecule has 0 heterocycles. The molecule has 0 saturated heterocycles. The second kappa shape index (κ2) is 6.06. The molecule has 0 aliphatic heterocycles. The minimum atomic E-state index is -0.447. The van der Waals surface area contributed by atoms with Gasteiger partial charge in [-0.05, 0) is 35.9 Å². The highest BCUT2D eigenvalue weighted by molar-refractivity contribution is 7.99. The number of aliphatic hydroxyl groups excluding tert-OH is 1. The molecule has 0 spiro atoms. The first kappa shape index (κ1) is 13.9. The first-order valence-electron chi connectivity index (χ1n) is 5.42. The Morgan fingerprint density at radius 2 is 1.89 bits per heavy atom. The van der Waals surface area contributed by atoms with E-state index in [2.05, 4.69) is 0 Å². The second-order valence-electron chi connectivity index (χ2n) is 3.77. The molecule has 0 bridgehead atoms. The first-order chi connectivity index (χ1) is 9.10. The highest BCUT2D eigenvalue weighted by Crippen LogP contribution is 2.35. The van der Waals surface area contributed by atoms with Crippen LogP contribution >= 0.6 is 23.4 Å². The number of benzene rings is 2. The molecule has 0 aromatic heterocycles. The van der Waals surface area contributed by atoms with Crippen LogP contribution in [0.5, 0.6) is 0 Å². The van der Waals surface area contributed by atoms with Gasteiger partial charge in [-0.1, -0.05) is 29.4 Å². The summed E-state index contributed by atoms with van der Waals surface area (Å²) in [6.07, 6.45) is 0. The van der Waals surface area contributed by atoms with Crippen LogP contribution in [-0.4, -0.2) is 10.0 Å². The van der Waals surface area contributed by atoms with E-state index in [1.54, 1.807) is 36.4 Å². The van der Waals surface area contributed by atoms with E-state index in [0.29, 0.717) is 15.5 Å². The molecule has 2 aromatic rings. The summed E-state index contributed by atoms with van der Waals surface area (Å²) in [6.45, 7) is -0.216. The van der Waals surface area contributed by atoms with Crippen molar-refractivity contribution in [2.24, 2.45) is 0 Å². The fraction of sp³-hybridized carbons (Fsp3) is 0.0769. The zero-order valence-corrected chi connectivity index (χ0v) is 11.3. The molecule has 98 valence electrons. The number of rotatable bonds is 4. The molecule has 0 amide bonds. The molecule has 0 saturated carbocycles. The Hall–Kier alpha value is -1.56. The number of hydrogen-bond acceptors (Lipinski definition) is 4. The van der Waals surface area contributed by atoms with Crippen LogP contribution in [0.1, 0.15) is 5.56 Å². The summed E-state index contributed by atoms with van der Waals surface area (Å²) in [5.41, 5.74) is 0.513. The van der Waals surface area contributed by atoms with E-state index in [4.69, 9.17) is 16.7 Å². The molecular weight excluding hydrogens is 286 g/mol. The maximum absolute atomic E-state index is 11.0. The number of halogens is 1. The molecule has 1 N–H and O–H groups in total. The Labute approximate surface area is 119 Å². The van der Waals surface area contributed by atoms with Gasteiger partial charge in [0.15, 0.2) is 0 Å². The van der Waals surface area contributed by atoms with Crippen molar-refractivity contribution in [1.29, 1.82) is 0 Å². The van der Waals surface area contributed by atoms with Crippen molar-refractivity contribution in [3.63, 3.8) is 0 Å². The molecule has 6 heteroatoms. The molecule has 0 fully saturated rings. The van der Waals surface area contributed by atoms with Gasteiger partial charge in [-0.2, -0.15) is 0 Å². The third kappa shape index (κ3) is 3.47. The third-order valence-corrected chi connectivity index (χ3v) is 3.77.